The van der Waals surface area contributed by atoms with Gasteiger partial charge in [0.1, 0.15) is 6.04 Å². The summed E-state index contributed by atoms with van der Waals surface area (Å²) < 4.78 is 47.0. The molecule has 0 heterocycles. The van der Waals surface area contributed by atoms with Gasteiger partial charge < -0.3 is 5.11 Å². The van der Waals surface area contributed by atoms with E-state index in [1.807, 2.05) is 0 Å². The van der Waals surface area contributed by atoms with Crippen molar-refractivity contribution in [3.8, 4) is 0 Å². The van der Waals surface area contributed by atoms with Crippen LogP contribution in [0.3, 0.4) is 0 Å². The van der Waals surface area contributed by atoms with E-state index in [0.717, 1.165) is 0 Å². The molecule has 2 N–H and O–H groups in total. The summed E-state index contributed by atoms with van der Waals surface area (Å²) in [5.41, 5.74) is -0.992. The fourth-order valence-electron chi connectivity index (χ4n) is 0.813. The van der Waals surface area contributed by atoms with Gasteiger partial charge in [-0.2, -0.15) is 13.5 Å². The van der Waals surface area contributed by atoms with Crippen LogP contribution in [0.5, 0.6) is 0 Å². The van der Waals surface area contributed by atoms with Gasteiger partial charge in [0.25, 0.3) is 10.0 Å². The van der Waals surface area contributed by atoms with Crippen molar-refractivity contribution < 1.29 is 27.1 Å². The molecule has 8 heteroatoms. The molecule has 0 radical (unpaired) electrons. The van der Waals surface area contributed by atoms with Crippen LogP contribution >= 0.6 is 0 Å². The third kappa shape index (κ3) is 4.08. The second kappa shape index (κ2) is 4.40. The smallest absolute Gasteiger partial charge is 0.350 e. The molecular formula is C7H13F2NO4S. The predicted molar refractivity (Wildman–Crippen MR) is 48.9 cm³/mol. The monoisotopic (exact) mass is 245 g/mol. The molecule has 0 saturated heterocycles. The van der Waals surface area contributed by atoms with Crippen molar-refractivity contribution in [1.82, 2.24) is 4.72 Å². The van der Waals surface area contributed by atoms with E-state index in [0.29, 0.717) is 0 Å². The third-order valence-corrected chi connectivity index (χ3v) is 2.66. The van der Waals surface area contributed by atoms with E-state index in [-0.39, 0.29) is 0 Å². The lowest BCUT2D eigenvalue weighted by Gasteiger charge is -2.27. The van der Waals surface area contributed by atoms with E-state index in [1.54, 1.807) is 0 Å². The second-order valence-electron chi connectivity index (χ2n) is 4.06. The van der Waals surface area contributed by atoms with Gasteiger partial charge >= 0.3 is 11.7 Å². The minimum absolute atomic E-state index is 0.992. The molecule has 0 aromatic carbocycles. The standard InChI is InChI=1S/C7H13F2NO4S/c1-7(2,3)4(5(11)12)10-15(13,14)6(8)9/h4,6,10H,1-3H3,(H,11,12). The van der Waals surface area contributed by atoms with E-state index in [2.05, 4.69) is 0 Å². The number of carboxylic acids is 1. The molecule has 0 amide bonds. The molecule has 0 aliphatic heterocycles. The first-order chi connectivity index (χ1) is 6.48. The quantitative estimate of drug-likeness (QED) is 0.760. The zero-order valence-corrected chi connectivity index (χ0v) is 9.31. The maximum absolute atomic E-state index is 12.0. The van der Waals surface area contributed by atoms with Crippen LogP contribution in [-0.2, 0) is 14.8 Å². The van der Waals surface area contributed by atoms with Gasteiger partial charge in [0, 0.05) is 0 Å². The number of nitrogens with one attached hydrogen (secondary N) is 1. The first kappa shape index (κ1) is 14.2. The van der Waals surface area contributed by atoms with Crippen LogP contribution in [-0.4, -0.2) is 31.3 Å². The molecule has 1 unspecified atom stereocenters. The van der Waals surface area contributed by atoms with Crippen LogP contribution in [0, 0.1) is 5.41 Å². The van der Waals surface area contributed by atoms with Crippen molar-refractivity contribution in [3.05, 3.63) is 0 Å². The zero-order chi connectivity index (χ0) is 12.4. The van der Waals surface area contributed by atoms with Crippen molar-refractivity contribution >= 4 is 16.0 Å². The highest BCUT2D eigenvalue weighted by atomic mass is 32.2. The molecular weight excluding hydrogens is 232 g/mol. The predicted octanol–water partition coefficient (Wildman–Crippen LogP) is 0.628. The number of halogens is 2. The molecule has 0 saturated carbocycles. The summed E-state index contributed by atoms with van der Waals surface area (Å²) in [6.45, 7) is 4.29. The van der Waals surface area contributed by atoms with Crippen molar-refractivity contribution in [2.75, 3.05) is 0 Å². The number of hydrogen-bond donors (Lipinski definition) is 2. The molecule has 1 atom stereocenters. The highest BCUT2D eigenvalue weighted by molar-refractivity contribution is 7.89. The maximum Gasteiger partial charge on any atom is 0.350 e. The molecule has 0 spiro atoms. The van der Waals surface area contributed by atoms with Gasteiger partial charge in [-0.3, -0.25) is 4.79 Å². The first-order valence-corrected chi connectivity index (χ1v) is 5.55. The van der Waals surface area contributed by atoms with Gasteiger partial charge in [0.05, 0.1) is 0 Å². The van der Waals surface area contributed by atoms with Gasteiger partial charge in [-0.05, 0) is 5.41 Å². The Bertz CT molecular complexity index is 333. The van der Waals surface area contributed by atoms with Crippen LogP contribution < -0.4 is 4.72 Å². The summed E-state index contributed by atoms with van der Waals surface area (Å²) in [6.07, 6.45) is 0. The Morgan fingerprint density at radius 2 is 1.73 bits per heavy atom. The summed E-state index contributed by atoms with van der Waals surface area (Å²) in [5, 5.41) is 8.68. The van der Waals surface area contributed by atoms with E-state index < -0.39 is 33.2 Å². The molecule has 5 nitrogen and oxygen atoms in total. The molecule has 0 aliphatic rings. The van der Waals surface area contributed by atoms with Gasteiger partial charge in [-0.25, -0.2) is 8.42 Å². The number of carboxylic acid groups (broad SMARTS) is 1. The summed E-state index contributed by atoms with van der Waals surface area (Å²) >= 11 is 0. The van der Waals surface area contributed by atoms with Crippen LogP contribution in [0.15, 0.2) is 0 Å². The molecule has 0 bridgehead atoms. The second-order valence-corrected chi connectivity index (χ2v) is 5.74. The third-order valence-electron chi connectivity index (χ3n) is 1.63. The number of aliphatic carboxylic acids is 1. The van der Waals surface area contributed by atoms with Crippen LogP contribution in [0.4, 0.5) is 8.78 Å². The average Bonchev–Trinajstić information content (AvgIpc) is 1.97. The SMILES string of the molecule is CC(C)(C)C(NS(=O)(=O)C(F)F)C(=O)O. The van der Waals surface area contributed by atoms with Gasteiger partial charge in [0.15, 0.2) is 0 Å². The average molecular weight is 245 g/mol. The highest BCUT2D eigenvalue weighted by Gasteiger charge is 2.37. The largest absolute Gasteiger partial charge is 0.480 e. The minimum atomic E-state index is -4.89. The Labute approximate surface area is 86.5 Å². The van der Waals surface area contributed by atoms with Crippen molar-refractivity contribution in [2.24, 2.45) is 5.41 Å². The molecule has 0 fully saturated rings. The maximum atomic E-state index is 12.0. The minimum Gasteiger partial charge on any atom is -0.480 e. The number of rotatable bonds is 4. The molecule has 90 valence electrons. The van der Waals surface area contributed by atoms with Crippen LogP contribution in [0.1, 0.15) is 20.8 Å². The summed E-state index contributed by atoms with van der Waals surface area (Å²) in [5.74, 6) is -5.13. The molecule has 0 aromatic rings. The van der Waals surface area contributed by atoms with Gasteiger partial charge in [-0.1, -0.05) is 20.8 Å². The zero-order valence-electron chi connectivity index (χ0n) is 8.49. The fraction of sp³-hybridized carbons (Fsp3) is 0.857. The van der Waals surface area contributed by atoms with E-state index in [4.69, 9.17) is 5.11 Å². The summed E-state index contributed by atoms with van der Waals surface area (Å²) in [4.78, 5) is 10.7. The number of alkyl halides is 2. The summed E-state index contributed by atoms with van der Waals surface area (Å²) in [7, 11) is -4.89. The first-order valence-electron chi connectivity index (χ1n) is 4.00. The molecule has 0 aliphatic carbocycles. The lowest BCUT2D eigenvalue weighted by molar-refractivity contribution is -0.141. The van der Waals surface area contributed by atoms with Crippen LogP contribution in [0.2, 0.25) is 0 Å². The van der Waals surface area contributed by atoms with Gasteiger partial charge in [0.2, 0.25) is 0 Å². The van der Waals surface area contributed by atoms with Gasteiger partial charge in [-0.15, -0.1) is 0 Å². The lowest BCUT2D eigenvalue weighted by atomic mass is 9.88. The Hall–Kier alpha value is -0.760. The van der Waals surface area contributed by atoms with E-state index >= 15 is 0 Å². The Kier molecular flexibility index (Phi) is 4.17. The molecule has 15 heavy (non-hydrogen) atoms. The number of sulfonamides is 1. The van der Waals surface area contributed by atoms with Crippen LogP contribution in [0.25, 0.3) is 0 Å². The number of hydrogen-bond acceptors (Lipinski definition) is 3. The topological polar surface area (TPSA) is 83.5 Å². The lowest BCUT2D eigenvalue weighted by Crippen LogP contribution is -2.50. The van der Waals surface area contributed by atoms with Crippen molar-refractivity contribution in [3.63, 3.8) is 0 Å². The fourth-order valence-corrected chi connectivity index (χ4v) is 1.70. The highest BCUT2D eigenvalue weighted by Crippen LogP contribution is 2.21. The van der Waals surface area contributed by atoms with Crippen molar-refractivity contribution in [1.29, 1.82) is 0 Å². The van der Waals surface area contributed by atoms with Crippen molar-refractivity contribution in [2.45, 2.75) is 32.6 Å². The molecule has 0 aromatic heterocycles. The van der Waals surface area contributed by atoms with E-state index in [9.17, 15) is 22.0 Å². The number of carbonyl (C=O) groups is 1. The Balaban J connectivity index is 4.97. The summed E-state index contributed by atoms with van der Waals surface area (Å²) in [6, 6.07) is -1.59. The van der Waals surface area contributed by atoms with E-state index in [1.165, 1.54) is 25.5 Å². The Morgan fingerprint density at radius 3 is 1.93 bits per heavy atom. The Morgan fingerprint density at radius 1 is 1.33 bits per heavy atom. The molecule has 0 rings (SSSR count). The normalized spacial score (nSPS) is 15.3.